The molecule has 0 radical (unpaired) electrons. The van der Waals surface area contributed by atoms with Crippen molar-refractivity contribution in [1.29, 1.82) is 0 Å². The SMILES string of the molecule is CN=C(NCc1cnc(C)[nH]c1=O)NC1CC1.I. The third-order valence-corrected chi connectivity index (χ3v) is 2.59. The maximum atomic E-state index is 11.6. The second-order valence-corrected chi connectivity index (χ2v) is 4.17. The number of aromatic nitrogens is 2. The average molecular weight is 363 g/mol. The maximum absolute atomic E-state index is 11.6. The molecule has 1 aliphatic carbocycles. The molecule has 18 heavy (non-hydrogen) atoms. The van der Waals surface area contributed by atoms with Gasteiger partial charge in [0.15, 0.2) is 5.96 Å². The fourth-order valence-corrected chi connectivity index (χ4v) is 1.43. The van der Waals surface area contributed by atoms with Crippen molar-refractivity contribution in [3.63, 3.8) is 0 Å². The number of nitrogens with zero attached hydrogens (tertiary/aromatic N) is 2. The number of H-pyrrole nitrogens is 1. The van der Waals surface area contributed by atoms with Crippen LogP contribution >= 0.6 is 24.0 Å². The van der Waals surface area contributed by atoms with Gasteiger partial charge in [0.25, 0.3) is 5.56 Å². The maximum Gasteiger partial charge on any atom is 0.255 e. The highest BCUT2D eigenvalue weighted by Gasteiger charge is 2.22. The minimum atomic E-state index is -0.105. The van der Waals surface area contributed by atoms with Crippen LogP contribution < -0.4 is 16.2 Å². The van der Waals surface area contributed by atoms with Gasteiger partial charge >= 0.3 is 0 Å². The van der Waals surface area contributed by atoms with Crippen LogP contribution in [0.2, 0.25) is 0 Å². The summed E-state index contributed by atoms with van der Waals surface area (Å²) in [6.45, 7) is 2.18. The second kappa shape index (κ2) is 6.72. The molecular weight excluding hydrogens is 345 g/mol. The predicted octanol–water partition coefficient (Wildman–Crippen LogP) is 0.524. The van der Waals surface area contributed by atoms with Crippen LogP contribution in [-0.2, 0) is 6.54 Å². The molecule has 0 bridgehead atoms. The van der Waals surface area contributed by atoms with Crippen molar-refractivity contribution in [3.05, 3.63) is 27.9 Å². The van der Waals surface area contributed by atoms with Crippen LogP contribution in [0, 0.1) is 6.92 Å². The molecule has 1 aliphatic rings. The van der Waals surface area contributed by atoms with E-state index in [1.54, 1.807) is 20.2 Å². The topological polar surface area (TPSA) is 82.2 Å². The summed E-state index contributed by atoms with van der Waals surface area (Å²) in [6, 6.07) is 0.538. The van der Waals surface area contributed by atoms with Crippen LogP contribution in [0.15, 0.2) is 16.0 Å². The van der Waals surface area contributed by atoms with Crippen LogP contribution in [0.4, 0.5) is 0 Å². The largest absolute Gasteiger partial charge is 0.354 e. The number of nitrogens with one attached hydrogen (secondary N) is 3. The number of halogens is 1. The molecule has 2 rings (SSSR count). The van der Waals surface area contributed by atoms with E-state index in [9.17, 15) is 4.79 Å². The summed E-state index contributed by atoms with van der Waals surface area (Å²) in [5, 5.41) is 6.34. The standard InChI is InChI=1S/C11H17N5O.HI/c1-7-13-5-8(10(17)15-7)6-14-11(12-2)16-9-3-4-9;/h5,9H,3-4,6H2,1-2H3,(H2,12,14,16)(H,13,15,17);1H. The van der Waals surface area contributed by atoms with Gasteiger partial charge in [0, 0.05) is 25.8 Å². The molecule has 0 amide bonds. The Morgan fingerprint density at radius 1 is 1.61 bits per heavy atom. The van der Waals surface area contributed by atoms with Crippen molar-refractivity contribution in [1.82, 2.24) is 20.6 Å². The zero-order chi connectivity index (χ0) is 12.3. The predicted molar refractivity (Wildman–Crippen MR) is 81.4 cm³/mol. The Bertz CT molecular complexity index is 481. The summed E-state index contributed by atoms with van der Waals surface area (Å²) in [5.41, 5.74) is 0.501. The van der Waals surface area contributed by atoms with Gasteiger partial charge in [-0.25, -0.2) is 4.98 Å². The Morgan fingerprint density at radius 3 is 2.89 bits per heavy atom. The Labute approximate surface area is 123 Å². The van der Waals surface area contributed by atoms with Gasteiger partial charge in [-0.3, -0.25) is 9.79 Å². The van der Waals surface area contributed by atoms with E-state index >= 15 is 0 Å². The fourth-order valence-electron chi connectivity index (χ4n) is 1.43. The van der Waals surface area contributed by atoms with E-state index in [1.807, 2.05) is 0 Å². The van der Waals surface area contributed by atoms with E-state index in [1.165, 1.54) is 12.8 Å². The summed E-state index contributed by atoms with van der Waals surface area (Å²) in [4.78, 5) is 22.4. The molecule has 0 saturated heterocycles. The normalized spacial score (nSPS) is 14.9. The first-order valence-corrected chi connectivity index (χ1v) is 5.71. The van der Waals surface area contributed by atoms with Crippen molar-refractivity contribution >= 4 is 29.9 Å². The molecule has 0 spiro atoms. The Kier molecular flexibility index (Phi) is 5.57. The Hall–Kier alpha value is -1.12. The number of hydrogen-bond acceptors (Lipinski definition) is 3. The van der Waals surface area contributed by atoms with Gasteiger partial charge in [-0.2, -0.15) is 0 Å². The molecule has 1 saturated carbocycles. The van der Waals surface area contributed by atoms with Crippen molar-refractivity contribution in [2.24, 2.45) is 4.99 Å². The minimum Gasteiger partial charge on any atom is -0.354 e. The molecule has 1 aromatic rings. The summed E-state index contributed by atoms with van der Waals surface area (Å²) >= 11 is 0. The van der Waals surface area contributed by atoms with E-state index in [2.05, 4.69) is 25.6 Å². The minimum absolute atomic E-state index is 0. The summed E-state index contributed by atoms with van der Waals surface area (Å²) in [5.74, 6) is 1.35. The van der Waals surface area contributed by atoms with E-state index < -0.39 is 0 Å². The van der Waals surface area contributed by atoms with E-state index in [4.69, 9.17) is 0 Å². The zero-order valence-corrected chi connectivity index (χ0v) is 12.8. The van der Waals surface area contributed by atoms with Crippen LogP contribution in [0.25, 0.3) is 0 Å². The van der Waals surface area contributed by atoms with Gasteiger partial charge in [0.1, 0.15) is 5.82 Å². The van der Waals surface area contributed by atoms with Crippen LogP contribution in [0.3, 0.4) is 0 Å². The summed E-state index contributed by atoms with van der Waals surface area (Å²) < 4.78 is 0. The number of aromatic amines is 1. The summed E-state index contributed by atoms with van der Waals surface area (Å²) in [7, 11) is 1.72. The van der Waals surface area contributed by atoms with Crippen LogP contribution in [0.5, 0.6) is 0 Å². The van der Waals surface area contributed by atoms with Crippen LogP contribution in [0.1, 0.15) is 24.2 Å². The molecule has 1 heterocycles. The molecule has 100 valence electrons. The number of aryl methyl sites for hydroxylation is 1. The highest BCUT2D eigenvalue weighted by atomic mass is 127. The first kappa shape index (κ1) is 14.9. The monoisotopic (exact) mass is 363 g/mol. The van der Waals surface area contributed by atoms with Crippen molar-refractivity contribution in [2.75, 3.05) is 7.05 Å². The highest BCUT2D eigenvalue weighted by Crippen LogP contribution is 2.18. The first-order valence-electron chi connectivity index (χ1n) is 5.71. The third kappa shape index (κ3) is 4.28. The van der Waals surface area contributed by atoms with Crippen molar-refractivity contribution < 1.29 is 0 Å². The molecule has 7 heteroatoms. The molecule has 0 unspecified atom stereocenters. The number of guanidine groups is 1. The highest BCUT2D eigenvalue weighted by molar-refractivity contribution is 14.0. The lowest BCUT2D eigenvalue weighted by Crippen LogP contribution is -2.39. The summed E-state index contributed by atoms with van der Waals surface area (Å²) in [6.07, 6.45) is 3.96. The average Bonchev–Trinajstić information content (AvgIpc) is 3.10. The fraction of sp³-hybridized carbons (Fsp3) is 0.545. The third-order valence-electron chi connectivity index (χ3n) is 2.59. The van der Waals surface area contributed by atoms with E-state index in [0.29, 0.717) is 24.0 Å². The van der Waals surface area contributed by atoms with Gasteiger partial charge in [0.05, 0.1) is 5.56 Å². The molecule has 6 nitrogen and oxygen atoms in total. The number of aliphatic imine (C=N–C) groups is 1. The van der Waals surface area contributed by atoms with Gasteiger partial charge < -0.3 is 15.6 Å². The van der Waals surface area contributed by atoms with Gasteiger partial charge in [-0.1, -0.05) is 0 Å². The molecule has 0 aliphatic heterocycles. The Balaban J connectivity index is 0.00000162. The van der Waals surface area contributed by atoms with E-state index in [-0.39, 0.29) is 29.5 Å². The Morgan fingerprint density at radius 2 is 2.33 bits per heavy atom. The van der Waals surface area contributed by atoms with Crippen molar-refractivity contribution in [3.8, 4) is 0 Å². The second-order valence-electron chi connectivity index (χ2n) is 4.17. The molecule has 0 atom stereocenters. The van der Waals surface area contributed by atoms with E-state index in [0.717, 1.165) is 5.96 Å². The first-order chi connectivity index (χ1) is 8.19. The lowest BCUT2D eigenvalue weighted by molar-refractivity contribution is 0.791. The number of rotatable bonds is 3. The van der Waals surface area contributed by atoms with Crippen LogP contribution in [-0.4, -0.2) is 29.0 Å². The molecule has 0 aromatic carbocycles. The van der Waals surface area contributed by atoms with Gasteiger partial charge in [-0.15, -0.1) is 24.0 Å². The molecule has 3 N–H and O–H groups in total. The molecule has 1 fully saturated rings. The molecule has 1 aromatic heterocycles. The van der Waals surface area contributed by atoms with Gasteiger partial charge in [0.2, 0.25) is 0 Å². The smallest absolute Gasteiger partial charge is 0.255 e. The lowest BCUT2D eigenvalue weighted by Gasteiger charge is -2.10. The zero-order valence-electron chi connectivity index (χ0n) is 10.5. The number of hydrogen-bond donors (Lipinski definition) is 3. The van der Waals surface area contributed by atoms with Crippen molar-refractivity contribution in [2.45, 2.75) is 32.4 Å². The van der Waals surface area contributed by atoms with Gasteiger partial charge in [-0.05, 0) is 19.8 Å². The quantitative estimate of drug-likeness (QED) is 0.416. The molecular formula is C11H18IN5O. The lowest BCUT2D eigenvalue weighted by atomic mass is 10.3.